The normalized spacial score (nSPS) is 18.4. The second-order valence-electron chi connectivity index (χ2n) is 5.85. The summed E-state index contributed by atoms with van der Waals surface area (Å²) in [7, 11) is 3.17. The molecule has 6 heteroatoms. The monoisotopic (exact) mass is 301 g/mol. The Labute approximate surface area is 126 Å². The highest BCUT2D eigenvalue weighted by Gasteiger charge is 2.44. The average molecular weight is 301 g/mol. The zero-order valence-corrected chi connectivity index (χ0v) is 13.3. The Morgan fingerprint density at radius 3 is 2.33 bits per heavy atom. The molecular formula is C15H27NO5. The third-order valence-electron chi connectivity index (χ3n) is 4.30. The lowest BCUT2D eigenvalue weighted by Gasteiger charge is -2.32. The quantitative estimate of drug-likeness (QED) is 0.699. The summed E-state index contributed by atoms with van der Waals surface area (Å²) in [6, 6.07) is -0.0927. The molecule has 0 heterocycles. The number of aliphatic carboxylic acids is 1. The maximum atomic E-state index is 12.6. The van der Waals surface area contributed by atoms with Gasteiger partial charge in [-0.05, 0) is 19.8 Å². The molecule has 0 aromatic carbocycles. The highest BCUT2D eigenvalue weighted by atomic mass is 16.5. The van der Waals surface area contributed by atoms with Gasteiger partial charge in [-0.15, -0.1) is 0 Å². The van der Waals surface area contributed by atoms with E-state index in [1.807, 2.05) is 6.92 Å². The van der Waals surface area contributed by atoms with Crippen molar-refractivity contribution in [3.63, 3.8) is 0 Å². The van der Waals surface area contributed by atoms with Crippen molar-refractivity contribution in [2.75, 3.05) is 34.0 Å². The molecule has 0 radical (unpaired) electrons. The number of hydrogen-bond donors (Lipinski definition) is 1. The van der Waals surface area contributed by atoms with Gasteiger partial charge in [0.2, 0.25) is 5.91 Å². The van der Waals surface area contributed by atoms with Gasteiger partial charge in [0.15, 0.2) is 0 Å². The van der Waals surface area contributed by atoms with Gasteiger partial charge in [0.25, 0.3) is 0 Å². The molecule has 0 bridgehead atoms. The topological polar surface area (TPSA) is 76.1 Å². The van der Waals surface area contributed by atoms with E-state index in [0.29, 0.717) is 32.6 Å². The molecule has 0 saturated heterocycles. The SMILES string of the molecule is COCCN(C(=O)CC1(C(=O)O)CCCC1)C(C)COC. The third kappa shape index (κ3) is 4.68. The zero-order chi connectivity index (χ0) is 15.9. The summed E-state index contributed by atoms with van der Waals surface area (Å²) in [5.41, 5.74) is -0.880. The Balaban J connectivity index is 2.76. The second kappa shape index (κ2) is 8.34. The molecule has 1 unspecified atom stereocenters. The van der Waals surface area contributed by atoms with E-state index in [2.05, 4.69) is 0 Å². The molecule has 0 aromatic rings. The van der Waals surface area contributed by atoms with Crippen LogP contribution >= 0.6 is 0 Å². The van der Waals surface area contributed by atoms with E-state index >= 15 is 0 Å². The first-order valence-electron chi connectivity index (χ1n) is 7.47. The number of nitrogens with zero attached hydrogens (tertiary/aromatic N) is 1. The van der Waals surface area contributed by atoms with Crippen LogP contribution in [-0.2, 0) is 19.1 Å². The first-order chi connectivity index (χ1) is 9.96. The van der Waals surface area contributed by atoms with Crippen LogP contribution in [0, 0.1) is 5.41 Å². The Morgan fingerprint density at radius 2 is 1.86 bits per heavy atom. The van der Waals surface area contributed by atoms with Crippen molar-refractivity contribution in [2.24, 2.45) is 5.41 Å². The van der Waals surface area contributed by atoms with E-state index in [-0.39, 0.29) is 18.4 Å². The van der Waals surface area contributed by atoms with E-state index in [9.17, 15) is 14.7 Å². The van der Waals surface area contributed by atoms with Gasteiger partial charge in [-0.1, -0.05) is 12.8 Å². The number of carbonyl (C=O) groups is 2. The second-order valence-corrected chi connectivity index (χ2v) is 5.85. The van der Waals surface area contributed by atoms with Gasteiger partial charge >= 0.3 is 5.97 Å². The van der Waals surface area contributed by atoms with Gasteiger partial charge in [-0.25, -0.2) is 0 Å². The minimum atomic E-state index is -0.880. The standard InChI is InChI=1S/C15H27NO5/c1-12(11-21-3)16(8-9-20-2)13(17)10-15(14(18)19)6-4-5-7-15/h12H,4-11H2,1-3H3,(H,18,19). The van der Waals surface area contributed by atoms with Crippen LogP contribution in [0.3, 0.4) is 0 Å². The lowest BCUT2D eigenvalue weighted by Crippen LogP contribution is -2.45. The van der Waals surface area contributed by atoms with E-state index in [1.165, 1.54) is 0 Å². The predicted octanol–water partition coefficient (Wildman–Crippen LogP) is 1.53. The molecule has 1 rings (SSSR count). The number of methoxy groups -OCH3 is 2. The van der Waals surface area contributed by atoms with Gasteiger partial charge in [-0.3, -0.25) is 9.59 Å². The number of carboxylic acid groups (broad SMARTS) is 1. The van der Waals surface area contributed by atoms with Crippen molar-refractivity contribution in [1.82, 2.24) is 4.90 Å². The fourth-order valence-corrected chi connectivity index (χ4v) is 3.02. The fourth-order valence-electron chi connectivity index (χ4n) is 3.02. The molecule has 1 aliphatic carbocycles. The summed E-state index contributed by atoms with van der Waals surface area (Å²) in [4.78, 5) is 25.8. The van der Waals surface area contributed by atoms with Crippen molar-refractivity contribution in [2.45, 2.75) is 45.1 Å². The maximum Gasteiger partial charge on any atom is 0.310 e. The van der Waals surface area contributed by atoms with Crippen molar-refractivity contribution in [1.29, 1.82) is 0 Å². The smallest absolute Gasteiger partial charge is 0.310 e. The minimum Gasteiger partial charge on any atom is -0.481 e. The van der Waals surface area contributed by atoms with Crippen LogP contribution in [0.25, 0.3) is 0 Å². The van der Waals surface area contributed by atoms with Gasteiger partial charge in [0.05, 0.1) is 24.7 Å². The zero-order valence-electron chi connectivity index (χ0n) is 13.3. The van der Waals surface area contributed by atoms with Crippen molar-refractivity contribution in [3.8, 4) is 0 Å². The van der Waals surface area contributed by atoms with E-state index < -0.39 is 11.4 Å². The van der Waals surface area contributed by atoms with Crippen LogP contribution in [-0.4, -0.2) is 61.9 Å². The summed E-state index contributed by atoms with van der Waals surface area (Å²) in [5, 5.41) is 9.49. The van der Waals surface area contributed by atoms with Crippen LogP contribution in [0.5, 0.6) is 0 Å². The number of amides is 1. The largest absolute Gasteiger partial charge is 0.481 e. The highest BCUT2D eigenvalue weighted by molar-refractivity contribution is 5.85. The number of carbonyl (C=O) groups excluding carboxylic acids is 1. The summed E-state index contributed by atoms with van der Waals surface area (Å²) in [6.07, 6.45) is 3.01. The molecule has 0 aliphatic heterocycles. The molecule has 0 aromatic heterocycles. The molecule has 1 fully saturated rings. The van der Waals surface area contributed by atoms with E-state index in [1.54, 1.807) is 19.1 Å². The number of carboxylic acids is 1. The third-order valence-corrected chi connectivity index (χ3v) is 4.30. The van der Waals surface area contributed by atoms with Crippen LogP contribution in [0.1, 0.15) is 39.0 Å². The van der Waals surface area contributed by atoms with Gasteiger partial charge in [0, 0.05) is 27.2 Å². The summed E-state index contributed by atoms with van der Waals surface area (Å²) >= 11 is 0. The Bertz CT molecular complexity index is 352. The minimum absolute atomic E-state index is 0.0695. The molecule has 6 nitrogen and oxygen atoms in total. The number of ether oxygens (including phenoxy) is 2. The fraction of sp³-hybridized carbons (Fsp3) is 0.867. The summed E-state index contributed by atoms with van der Waals surface area (Å²) in [6.45, 7) is 3.21. The average Bonchev–Trinajstić information content (AvgIpc) is 2.89. The first-order valence-corrected chi connectivity index (χ1v) is 7.47. The lowest BCUT2D eigenvalue weighted by atomic mass is 9.82. The number of hydrogen-bond acceptors (Lipinski definition) is 4. The Morgan fingerprint density at radius 1 is 1.24 bits per heavy atom. The highest BCUT2D eigenvalue weighted by Crippen LogP contribution is 2.41. The maximum absolute atomic E-state index is 12.6. The predicted molar refractivity (Wildman–Crippen MR) is 78.1 cm³/mol. The van der Waals surface area contributed by atoms with Gasteiger partial charge in [-0.2, -0.15) is 0 Å². The Hall–Kier alpha value is -1.14. The molecular weight excluding hydrogens is 274 g/mol. The van der Waals surface area contributed by atoms with Crippen molar-refractivity contribution < 1.29 is 24.2 Å². The lowest BCUT2D eigenvalue weighted by molar-refractivity contribution is -0.154. The van der Waals surface area contributed by atoms with E-state index in [0.717, 1.165) is 12.8 Å². The van der Waals surface area contributed by atoms with Crippen molar-refractivity contribution in [3.05, 3.63) is 0 Å². The molecule has 0 spiro atoms. The summed E-state index contributed by atoms with van der Waals surface area (Å²) < 4.78 is 10.1. The molecule has 1 aliphatic rings. The van der Waals surface area contributed by atoms with Crippen LogP contribution in [0.15, 0.2) is 0 Å². The van der Waals surface area contributed by atoms with Crippen LogP contribution in [0.4, 0.5) is 0 Å². The molecule has 1 N–H and O–H groups in total. The molecule has 122 valence electrons. The molecule has 21 heavy (non-hydrogen) atoms. The van der Waals surface area contributed by atoms with E-state index in [4.69, 9.17) is 9.47 Å². The van der Waals surface area contributed by atoms with Gasteiger partial charge < -0.3 is 19.5 Å². The van der Waals surface area contributed by atoms with Gasteiger partial charge in [0.1, 0.15) is 0 Å². The molecule has 1 saturated carbocycles. The Kier molecular flexibility index (Phi) is 7.11. The number of rotatable bonds is 9. The van der Waals surface area contributed by atoms with Crippen LogP contribution in [0.2, 0.25) is 0 Å². The molecule has 1 atom stereocenters. The first kappa shape index (κ1) is 17.9. The van der Waals surface area contributed by atoms with Crippen LogP contribution < -0.4 is 0 Å². The van der Waals surface area contributed by atoms with Crippen molar-refractivity contribution >= 4 is 11.9 Å². The summed E-state index contributed by atoms with van der Waals surface area (Å²) in [5.74, 6) is -0.972. The molecule has 1 amide bonds.